The molecular formula is C18H18N2O5. The van der Waals surface area contributed by atoms with Crippen LogP contribution in [0.1, 0.15) is 11.1 Å². The summed E-state index contributed by atoms with van der Waals surface area (Å²) < 4.78 is 0. The minimum absolute atomic E-state index is 0.215. The number of benzene rings is 2. The topological polar surface area (TPSA) is 119 Å². The molecule has 2 aromatic rings. The van der Waals surface area contributed by atoms with E-state index in [0.717, 1.165) is 5.56 Å². The number of carbonyl (C=O) groups is 2. The molecule has 0 saturated carbocycles. The largest absolute Gasteiger partial charge is 0.504 e. The summed E-state index contributed by atoms with van der Waals surface area (Å²) in [5.74, 6) is -1.83. The normalized spacial score (nSPS) is 11.9. The zero-order chi connectivity index (χ0) is 18.2. The maximum atomic E-state index is 12.0. The molecule has 2 rings (SSSR count). The lowest BCUT2D eigenvalue weighted by atomic mass is 10.1. The molecule has 0 aromatic heterocycles. The molecule has 0 aliphatic heterocycles. The van der Waals surface area contributed by atoms with Gasteiger partial charge in [0.1, 0.15) is 6.04 Å². The third kappa shape index (κ3) is 5.36. The van der Waals surface area contributed by atoms with Crippen molar-refractivity contribution in [3.05, 3.63) is 65.7 Å². The van der Waals surface area contributed by atoms with Gasteiger partial charge in [-0.3, -0.25) is 14.8 Å². The second-order valence-electron chi connectivity index (χ2n) is 5.31. The molecule has 25 heavy (non-hydrogen) atoms. The Labute approximate surface area is 144 Å². The van der Waals surface area contributed by atoms with Gasteiger partial charge in [-0.25, -0.2) is 5.48 Å². The molecule has 2 aromatic carbocycles. The van der Waals surface area contributed by atoms with E-state index in [2.05, 4.69) is 5.32 Å². The van der Waals surface area contributed by atoms with Crippen LogP contribution in [-0.2, 0) is 16.0 Å². The van der Waals surface area contributed by atoms with Crippen molar-refractivity contribution in [2.45, 2.75) is 12.5 Å². The van der Waals surface area contributed by atoms with Crippen molar-refractivity contribution in [1.82, 2.24) is 10.8 Å². The molecule has 7 heteroatoms. The van der Waals surface area contributed by atoms with Crippen LogP contribution in [-0.4, -0.2) is 33.3 Å². The second-order valence-corrected chi connectivity index (χ2v) is 5.31. The Bertz CT molecular complexity index is 774. The zero-order valence-corrected chi connectivity index (χ0v) is 13.2. The summed E-state index contributed by atoms with van der Waals surface area (Å²) in [6, 6.07) is 12.2. The van der Waals surface area contributed by atoms with Gasteiger partial charge in [0.25, 0.3) is 5.91 Å². The van der Waals surface area contributed by atoms with Crippen LogP contribution in [0.3, 0.4) is 0 Å². The van der Waals surface area contributed by atoms with Crippen LogP contribution in [0, 0.1) is 0 Å². The SMILES string of the molecule is O=C(/C=C/c1ccc(O)c(O)c1)NC(Cc1ccccc1)C(=O)NO. The van der Waals surface area contributed by atoms with E-state index in [1.54, 1.807) is 12.1 Å². The summed E-state index contributed by atoms with van der Waals surface area (Å²) in [7, 11) is 0. The Morgan fingerprint density at radius 1 is 1.04 bits per heavy atom. The third-order valence-electron chi connectivity index (χ3n) is 3.45. The predicted molar refractivity (Wildman–Crippen MR) is 90.8 cm³/mol. The number of carbonyl (C=O) groups excluding carboxylic acids is 2. The second kappa shape index (κ2) is 8.51. The van der Waals surface area contributed by atoms with Crippen LogP contribution >= 0.6 is 0 Å². The fourth-order valence-corrected chi connectivity index (χ4v) is 2.17. The van der Waals surface area contributed by atoms with Crippen LogP contribution < -0.4 is 10.8 Å². The van der Waals surface area contributed by atoms with E-state index in [1.807, 2.05) is 18.2 Å². The summed E-state index contributed by atoms with van der Waals surface area (Å²) in [5, 5.41) is 30.0. The number of hydrogen-bond acceptors (Lipinski definition) is 5. The number of phenols is 2. The molecule has 0 heterocycles. The Hall–Kier alpha value is -3.32. The molecule has 0 bridgehead atoms. The molecule has 0 saturated heterocycles. The molecule has 0 radical (unpaired) electrons. The molecule has 1 atom stereocenters. The van der Waals surface area contributed by atoms with Gasteiger partial charge in [-0.15, -0.1) is 0 Å². The van der Waals surface area contributed by atoms with Crippen LogP contribution in [0.25, 0.3) is 6.08 Å². The summed E-state index contributed by atoms with van der Waals surface area (Å²) in [5.41, 5.74) is 2.86. The zero-order valence-electron chi connectivity index (χ0n) is 13.2. The number of hydroxylamine groups is 1. The highest BCUT2D eigenvalue weighted by atomic mass is 16.5. The summed E-state index contributed by atoms with van der Waals surface area (Å²) in [4.78, 5) is 23.8. The Balaban J connectivity index is 2.04. The molecule has 0 aliphatic rings. The Morgan fingerprint density at radius 2 is 1.76 bits per heavy atom. The van der Waals surface area contributed by atoms with E-state index >= 15 is 0 Å². The first kappa shape index (κ1) is 18.0. The van der Waals surface area contributed by atoms with Gasteiger partial charge in [0.05, 0.1) is 0 Å². The molecule has 0 spiro atoms. The summed E-state index contributed by atoms with van der Waals surface area (Å²) in [6.45, 7) is 0. The van der Waals surface area contributed by atoms with E-state index < -0.39 is 17.9 Å². The number of nitrogens with one attached hydrogen (secondary N) is 2. The molecule has 0 fully saturated rings. The average Bonchev–Trinajstić information content (AvgIpc) is 2.62. The number of aromatic hydroxyl groups is 2. The van der Waals surface area contributed by atoms with E-state index in [-0.39, 0.29) is 17.9 Å². The van der Waals surface area contributed by atoms with Crippen molar-refractivity contribution in [2.24, 2.45) is 0 Å². The van der Waals surface area contributed by atoms with E-state index in [0.29, 0.717) is 5.56 Å². The number of hydrogen-bond donors (Lipinski definition) is 5. The highest BCUT2D eigenvalue weighted by Crippen LogP contribution is 2.25. The third-order valence-corrected chi connectivity index (χ3v) is 3.45. The van der Waals surface area contributed by atoms with Gasteiger partial charge in [0.2, 0.25) is 5.91 Å². The summed E-state index contributed by atoms with van der Waals surface area (Å²) >= 11 is 0. The van der Waals surface area contributed by atoms with E-state index in [4.69, 9.17) is 5.21 Å². The molecular weight excluding hydrogens is 324 g/mol. The maximum Gasteiger partial charge on any atom is 0.266 e. The standard InChI is InChI=1S/C18H18N2O5/c21-15-8-6-13(11-16(15)22)7-9-17(23)19-14(18(24)20-25)10-12-4-2-1-3-5-12/h1-9,11,14,21-22,25H,10H2,(H,19,23)(H,20,24)/b9-7+. The van der Waals surface area contributed by atoms with Gasteiger partial charge in [-0.1, -0.05) is 36.4 Å². The quantitative estimate of drug-likeness (QED) is 0.235. The minimum Gasteiger partial charge on any atom is -0.504 e. The van der Waals surface area contributed by atoms with Gasteiger partial charge in [0, 0.05) is 12.5 Å². The van der Waals surface area contributed by atoms with Crippen LogP contribution in [0.15, 0.2) is 54.6 Å². The van der Waals surface area contributed by atoms with Crippen molar-refractivity contribution in [1.29, 1.82) is 0 Å². The molecule has 2 amide bonds. The highest BCUT2D eigenvalue weighted by Gasteiger charge is 2.19. The number of rotatable bonds is 6. The minimum atomic E-state index is -0.947. The van der Waals surface area contributed by atoms with Gasteiger partial charge in [-0.05, 0) is 29.3 Å². The first-order valence-electron chi connectivity index (χ1n) is 7.48. The molecule has 5 N–H and O–H groups in total. The summed E-state index contributed by atoms with van der Waals surface area (Å²) in [6.07, 6.45) is 2.83. The number of amides is 2. The van der Waals surface area contributed by atoms with Crippen molar-refractivity contribution < 1.29 is 25.0 Å². The van der Waals surface area contributed by atoms with Crippen LogP contribution in [0.4, 0.5) is 0 Å². The monoisotopic (exact) mass is 342 g/mol. The van der Waals surface area contributed by atoms with Crippen molar-refractivity contribution >= 4 is 17.9 Å². The lowest BCUT2D eigenvalue weighted by Gasteiger charge is -2.15. The Kier molecular flexibility index (Phi) is 6.14. The van der Waals surface area contributed by atoms with E-state index in [9.17, 15) is 19.8 Å². The molecule has 130 valence electrons. The van der Waals surface area contributed by atoms with Crippen LogP contribution in [0.2, 0.25) is 0 Å². The first-order valence-corrected chi connectivity index (χ1v) is 7.48. The van der Waals surface area contributed by atoms with Crippen molar-refractivity contribution in [3.8, 4) is 11.5 Å². The molecule has 1 unspecified atom stereocenters. The first-order chi connectivity index (χ1) is 12.0. The van der Waals surface area contributed by atoms with Crippen molar-refractivity contribution in [2.75, 3.05) is 0 Å². The Morgan fingerprint density at radius 3 is 2.40 bits per heavy atom. The van der Waals surface area contributed by atoms with Crippen molar-refractivity contribution in [3.63, 3.8) is 0 Å². The predicted octanol–water partition coefficient (Wildman–Crippen LogP) is 1.34. The number of phenolic OH excluding ortho intramolecular Hbond substituents is 2. The maximum absolute atomic E-state index is 12.0. The van der Waals surface area contributed by atoms with E-state index in [1.165, 1.54) is 35.8 Å². The average molecular weight is 342 g/mol. The van der Waals surface area contributed by atoms with Gasteiger partial charge < -0.3 is 15.5 Å². The lowest BCUT2D eigenvalue weighted by Crippen LogP contribution is -2.46. The fraction of sp³-hybridized carbons (Fsp3) is 0.111. The highest BCUT2D eigenvalue weighted by molar-refractivity contribution is 5.95. The molecule has 7 nitrogen and oxygen atoms in total. The van der Waals surface area contributed by atoms with Gasteiger partial charge in [0.15, 0.2) is 11.5 Å². The van der Waals surface area contributed by atoms with Gasteiger partial charge >= 0.3 is 0 Å². The molecule has 0 aliphatic carbocycles. The lowest BCUT2D eigenvalue weighted by molar-refractivity contribution is -0.133. The smallest absolute Gasteiger partial charge is 0.266 e. The van der Waals surface area contributed by atoms with Crippen LogP contribution in [0.5, 0.6) is 11.5 Å². The fourth-order valence-electron chi connectivity index (χ4n) is 2.17. The van der Waals surface area contributed by atoms with Gasteiger partial charge in [-0.2, -0.15) is 0 Å².